The van der Waals surface area contributed by atoms with Gasteiger partial charge in [-0.3, -0.25) is 23.4 Å². The van der Waals surface area contributed by atoms with Crippen LogP contribution in [-0.2, 0) is 37.5 Å². The molecule has 346 valence electrons. The number of ketones is 1. The zero-order valence-corrected chi connectivity index (χ0v) is 38.8. The summed E-state index contributed by atoms with van der Waals surface area (Å²) in [4.78, 5) is 47.2. The third kappa shape index (κ3) is 43.5. The molecule has 0 saturated carbocycles. The molecule has 60 heavy (non-hydrogen) atoms. The normalized spacial score (nSPS) is 13.7. The minimum absolute atomic E-state index is 0.0146. The van der Waals surface area contributed by atoms with Gasteiger partial charge in [-0.15, -0.1) is 0 Å². The first-order valence-corrected chi connectivity index (χ1v) is 25.2. The van der Waals surface area contributed by atoms with E-state index in [1.165, 1.54) is 122 Å². The second-order valence-corrected chi connectivity index (χ2v) is 17.1. The van der Waals surface area contributed by atoms with Crippen LogP contribution in [0.15, 0.2) is 60.8 Å². The number of hydrogen-bond donors (Lipinski definition) is 2. The summed E-state index contributed by atoms with van der Waals surface area (Å²) in [7, 11) is -4.45. The Morgan fingerprint density at radius 3 is 1.63 bits per heavy atom. The lowest BCUT2D eigenvalue weighted by atomic mass is 10.0. The molecule has 0 aliphatic heterocycles. The molecule has 0 aromatic rings. The molecular formula is C49H86NO9P. The van der Waals surface area contributed by atoms with Crippen LogP contribution in [0.4, 0.5) is 0 Å². The Morgan fingerprint density at radius 2 is 1.03 bits per heavy atom. The number of esters is 2. The molecule has 0 bridgehead atoms. The van der Waals surface area contributed by atoms with Gasteiger partial charge in [0.2, 0.25) is 0 Å². The number of carbonyl (C=O) groups excluding carboxylic acids is 3. The molecule has 1 unspecified atom stereocenters. The molecule has 0 amide bonds. The number of allylic oxidation sites excluding steroid dienone is 10. The van der Waals surface area contributed by atoms with Gasteiger partial charge in [-0.2, -0.15) is 0 Å². The highest BCUT2D eigenvalue weighted by Gasteiger charge is 2.26. The van der Waals surface area contributed by atoms with E-state index in [1.54, 1.807) is 6.08 Å². The summed E-state index contributed by atoms with van der Waals surface area (Å²) in [6.45, 7) is 3.43. The van der Waals surface area contributed by atoms with E-state index in [4.69, 9.17) is 24.3 Å². The highest BCUT2D eigenvalue weighted by molar-refractivity contribution is 7.47. The molecule has 0 aliphatic rings. The summed E-state index contributed by atoms with van der Waals surface area (Å²) in [5.74, 6) is -1.21. The second kappa shape index (κ2) is 44.4. The molecule has 0 heterocycles. The van der Waals surface area contributed by atoms with Gasteiger partial charge in [0.15, 0.2) is 11.9 Å². The van der Waals surface area contributed by atoms with E-state index in [-0.39, 0.29) is 51.2 Å². The monoisotopic (exact) mass is 864 g/mol. The Labute approximate surface area is 365 Å². The van der Waals surface area contributed by atoms with Crippen LogP contribution in [0.25, 0.3) is 0 Å². The lowest BCUT2D eigenvalue weighted by Crippen LogP contribution is -2.29. The average molecular weight is 864 g/mol. The number of rotatable bonds is 44. The molecular weight excluding hydrogens is 778 g/mol. The minimum Gasteiger partial charge on any atom is -0.462 e. The van der Waals surface area contributed by atoms with Gasteiger partial charge < -0.3 is 20.1 Å². The molecule has 0 aromatic heterocycles. The van der Waals surface area contributed by atoms with Crippen molar-refractivity contribution in [1.29, 1.82) is 0 Å². The number of phosphoric acid groups is 1. The summed E-state index contributed by atoms with van der Waals surface area (Å²) < 4.78 is 32.6. The molecule has 2 atom stereocenters. The molecule has 3 N–H and O–H groups in total. The van der Waals surface area contributed by atoms with E-state index in [0.717, 1.165) is 38.5 Å². The average Bonchev–Trinajstić information content (AvgIpc) is 3.23. The predicted molar refractivity (Wildman–Crippen MR) is 248 cm³/mol. The number of nitrogens with two attached hydrogens (primary N) is 1. The zero-order valence-electron chi connectivity index (χ0n) is 37.9. The quantitative estimate of drug-likeness (QED) is 0.0151. The molecule has 11 heteroatoms. The van der Waals surface area contributed by atoms with E-state index in [0.29, 0.717) is 6.42 Å². The van der Waals surface area contributed by atoms with Crippen molar-refractivity contribution < 1.29 is 42.4 Å². The van der Waals surface area contributed by atoms with Gasteiger partial charge >= 0.3 is 19.8 Å². The Kier molecular flexibility index (Phi) is 42.5. The number of ether oxygens (including phenoxy) is 2. The topological polar surface area (TPSA) is 151 Å². The van der Waals surface area contributed by atoms with Gasteiger partial charge in [-0.05, 0) is 70.3 Å². The first kappa shape index (κ1) is 57.4. The zero-order chi connectivity index (χ0) is 44.0. The van der Waals surface area contributed by atoms with Crippen LogP contribution in [0.1, 0.15) is 200 Å². The van der Waals surface area contributed by atoms with Gasteiger partial charge in [0.1, 0.15) is 6.61 Å². The van der Waals surface area contributed by atoms with Crippen molar-refractivity contribution >= 4 is 25.5 Å². The van der Waals surface area contributed by atoms with Crippen molar-refractivity contribution in [2.24, 2.45) is 5.73 Å². The smallest absolute Gasteiger partial charge is 0.462 e. The lowest BCUT2D eigenvalue weighted by Gasteiger charge is -2.19. The van der Waals surface area contributed by atoms with Crippen LogP contribution in [-0.4, -0.2) is 55.1 Å². The van der Waals surface area contributed by atoms with Crippen LogP contribution in [0.3, 0.4) is 0 Å². The maximum absolute atomic E-state index is 12.6. The first-order chi connectivity index (χ1) is 29.2. The van der Waals surface area contributed by atoms with E-state index in [9.17, 15) is 23.8 Å². The van der Waals surface area contributed by atoms with Gasteiger partial charge in [-0.1, -0.05) is 171 Å². The molecule has 10 nitrogen and oxygen atoms in total. The van der Waals surface area contributed by atoms with Crippen molar-refractivity contribution in [3.05, 3.63) is 60.8 Å². The van der Waals surface area contributed by atoms with Crippen molar-refractivity contribution in [3.8, 4) is 0 Å². The standard InChI is InChI=1S/C49H86NO9P/c1-3-5-7-9-11-13-15-17-18-19-20-21-22-23-24-26-28-30-32-34-36-40-48(52)56-44-47(45-58-60(54,55)57-43-42-50)59-49(53)41-37-39-46(51)38-35-33-31-29-27-25-16-14-12-10-8-6-4-2/h12,14,17-18,25,27,31,33,35,38,47H,3-11,13,15-16,19-24,26,28-30,32,34,36-37,39-45,50H2,1-2H3,(H,54,55)/b14-12-,18-17-,27-25-,33-31-,38-35+/t47-/m1/s1. The summed E-state index contributed by atoms with van der Waals surface area (Å²) in [5, 5.41) is 0. The van der Waals surface area contributed by atoms with Crippen LogP contribution in [0.5, 0.6) is 0 Å². The summed E-state index contributed by atoms with van der Waals surface area (Å²) in [6, 6.07) is 0. The van der Waals surface area contributed by atoms with Gasteiger partial charge in [0.05, 0.1) is 13.2 Å². The van der Waals surface area contributed by atoms with Crippen molar-refractivity contribution in [2.45, 2.75) is 206 Å². The predicted octanol–water partition coefficient (Wildman–Crippen LogP) is 13.2. The van der Waals surface area contributed by atoms with Gasteiger partial charge in [0, 0.05) is 25.8 Å². The molecule has 0 rings (SSSR count). The summed E-state index contributed by atoms with van der Waals surface area (Å²) in [6.07, 6.45) is 49.7. The van der Waals surface area contributed by atoms with E-state index in [1.807, 2.05) is 12.2 Å². The third-order valence-corrected chi connectivity index (χ3v) is 10.8. The van der Waals surface area contributed by atoms with Crippen molar-refractivity contribution in [3.63, 3.8) is 0 Å². The number of carbonyl (C=O) groups is 3. The van der Waals surface area contributed by atoms with E-state index >= 15 is 0 Å². The lowest BCUT2D eigenvalue weighted by molar-refractivity contribution is -0.161. The Balaban J connectivity index is 4.25. The van der Waals surface area contributed by atoms with Gasteiger partial charge in [0.25, 0.3) is 0 Å². The summed E-state index contributed by atoms with van der Waals surface area (Å²) in [5.41, 5.74) is 5.34. The van der Waals surface area contributed by atoms with E-state index < -0.39 is 32.5 Å². The molecule has 0 aliphatic carbocycles. The first-order valence-electron chi connectivity index (χ1n) is 23.7. The Morgan fingerprint density at radius 1 is 0.550 bits per heavy atom. The molecule has 0 spiro atoms. The van der Waals surface area contributed by atoms with E-state index in [2.05, 4.69) is 50.3 Å². The molecule has 0 radical (unpaired) electrons. The molecule has 0 saturated heterocycles. The van der Waals surface area contributed by atoms with Crippen molar-refractivity contribution in [1.82, 2.24) is 0 Å². The van der Waals surface area contributed by atoms with Crippen LogP contribution < -0.4 is 5.73 Å². The molecule has 0 aromatic carbocycles. The number of unbranched alkanes of at least 4 members (excludes halogenated alkanes) is 20. The maximum Gasteiger partial charge on any atom is 0.472 e. The van der Waals surface area contributed by atoms with Crippen LogP contribution >= 0.6 is 7.82 Å². The highest BCUT2D eigenvalue weighted by atomic mass is 31.2. The fourth-order valence-corrected chi connectivity index (χ4v) is 7.05. The molecule has 0 fully saturated rings. The van der Waals surface area contributed by atoms with Gasteiger partial charge in [-0.25, -0.2) is 4.57 Å². The van der Waals surface area contributed by atoms with Crippen LogP contribution in [0.2, 0.25) is 0 Å². The van der Waals surface area contributed by atoms with Crippen molar-refractivity contribution in [2.75, 3.05) is 26.4 Å². The minimum atomic E-state index is -4.45. The SMILES string of the molecule is CCCCC/C=C\C/C=C\C/C=C\C=C\C(=O)CCCC(=O)O[C@H](COC(=O)CCCCCCCCCCCCC/C=C\CCCCCCCC)COP(=O)(O)OCCN. The van der Waals surface area contributed by atoms with Crippen LogP contribution in [0, 0.1) is 0 Å². The fourth-order valence-electron chi connectivity index (χ4n) is 6.29. The number of phosphoric ester groups is 1. The maximum atomic E-state index is 12.6. The highest BCUT2D eigenvalue weighted by Crippen LogP contribution is 2.43. The summed E-state index contributed by atoms with van der Waals surface area (Å²) >= 11 is 0. The fraction of sp³-hybridized carbons (Fsp3) is 0.735. The Hall–Kier alpha value is -2.62. The second-order valence-electron chi connectivity index (χ2n) is 15.7. The number of hydrogen-bond acceptors (Lipinski definition) is 9. The Bertz CT molecular complexity index is 1230. The largest absolute Gasteiger partial charge is 0.472 e. The third-order valence-electron chi connectivity index (χ3n) is 9.85.